The molecule has 0 saturated heterocycles. The third-order valence-electron chi connectivity index (χ3n) is 2.53. The summed E-state index contributed by atoms with van der Waals surface area (Å²) in [6.07, 6.45) is 1.02. The highest BCUT2D eigenvalue weighted by atomic mass is 32.2. The minimum Gasteiger partial charge on any atom is -0.267 e. The van der Waals surface area contributed by atoms with Gasteiger partial charge in [0.2, 0.25) is 21.0 Å². The van der Waals surface area contributed by atoms with Gasteiger partial charge in [-0.1, -0.05) is 17.4 Å². The summed E-state index contributed by atoms with van der Waals surface area (Å²) in [6.45, 7) is 0. The number of nitrogens with zero attached hydrogens (tertiary/aromatic N) is 4. The molecule has 2 rings (SSSR count). The zero-order valence-corrected chi connectivity index (χ0v) is 11.1. The van der Waals surface area contributed by atoms with Crippen LogP contribution in [0.5, 0.6) is 0 Å². The molecule has 0 aliphatic rings. The first-order valence-corrected chi connectivity index (χ1v) is 7.13. The fraction of sp³-hybridized carbons (Fsp3) is 0.200. The maximum absolute atomic E-state index is 11.8. The molecule has 0 spiro atoms. The third kappa shape index (κ3) is 2.19. The highest BCUT2D eigenvalue weighted by molar-refractivity contribution is 7.90. The lowest BCUT2D eigenvalue weighted by molar-refractivity contribution is 0.464. The molecule has 100 valence electrons. The summed E-state index contributed by atoms with van der Waals surface area (Å²) in [4.78, 5) is 4.03. The fourth-order valence-electron chi connectivity index (χ4n) is 1.65. The van der Waals surface area contributed by atoms with Crippen molar-refractivity contribution in [2.75, 3.05) is 13.3 Å². The predicted molar refractivity (Wildman–Crippen MR) is 68.9 cm³/mol. The average molecular weight is 280 g/mol. The zero-order chi connectivity index (χ0) is 14.2. The van der Waals surface area contributed by atoms with Crippen molar-refractivity contribution in [2.24, 2.45) is 5.22 Å². The first kappa shape index (κ1) is 13.1. The average Bonchev–Trinajstić information content (AvgIpc) is 2.76. The minimum atomic E-state index is -3.60. The van der Waals surface area contributed by atoms with Crippen LogP contribution in [0.25, 0.3) is 11.0 Å². The van der Waals surface area contributed by atoms with E-state index >= 15 is 0 Å². The SMILES string of the molecule is CN(N=N)C(=N)n1c(S(C)(=O)=O)nc2ccccc21. The lowest BCUT2D eigenvalue weighted by atomic mass is 10.3. The predicted octanol–water partition coefficient (Wildman–Crippen LogP) is 1.10. The maximum Gasteiger partial charge on any atom is 0.235 e. The highest BCUT2D eigenvalue weighted by Crippen LogP contribution is 2.19. The molecular formula is C10H12N6O2S. The number of fused-ring (bicyclic) bond motifs is 1. The smallest absolute Gasteiger partial charge is 0.235 e. The number of para-hydroxylation sites is 2. The Bertz CT molecular complexity index is 763. The molecule has 0 amide bonds. The van der Waals surface area contributed by atoms with E-state index in [1.807, 2.05) is 0 Å². The van der Waals surface area contributed by atoms with E-state index in [1.54, 1.807) is 24.3 Å². The van der Waals surface area contributed by atoms with E-state index in [-0.39, 0.29) is 11.1 Å². The van der Waals surface area contributed by atoms with Gasteiger partial charge in [0.1, 0.15) is 0 Å². The molecular weight excluding hydrogens is 268 g/mol. The van der Waals surface area contributed by atoms with Crippen molar-refractivity contribution in [1.29, 1.82) is 10.9 Å². The summed E-state index contributed by atoms with van der Waals surface area (Å²) < 4.78 is 24.7. The Kier molecular flexibility index (Phi) is 3.06. The van der Waals surface area contributed by atoms with Gasteiger partial charge < -0.3 is 0 Å². The van der Waals surface area contributed by atoms with Crippen LogP contribution < -0.4 is 0 Å². The Hall–Kier alpha value is -2.29. The van der Waals surface area contributed by atoms with Crippen molar-refractivity contribution in [1.82, 2.24) is 14.6 Å². The van der Waals surface area contributed by atoms with Crippen molar-refractivity contribution >= 4 is 26.8 Å². The van der Waals surface area contributed by atoms with Gasteiger partial charge in [0.25, 0.3) is 0 Å². The Morgan fingerprint density at radius 1 is 1.42 bits per heavy atom. The van der Waals surface area contributed by atoms with Crippen molar-refractivity contribution in [3.8, 4) is 0 Å². The number of benzene rings is 1. The normalized spacial score (nSPS) is 11.5. The van der Waals surface area contributed by atoms with E-state index in [1.165, 1.54) is 7.05 Å². The largest absolute Gasteiger partial charge is 0.267 e. The summed E-state index contributed by atoms with van der Waals surface area (Å²) in [5.41, 5.74) is 7.84. The van der Waals surface area contributed by atoms with Gasteiger partial charge in [-0.3, -0.25) is 9.98 Å². The molecule has 1 heterocycles. The molecule has 0 bridgehead atoms. The van der Waals surface area contributed by atoms with Crippen LogP contribution in [0.4, 0.5) is 0 Å². The van der Waals surface area contributed by atoms with Gasteiger partial charge in [0.15, 0.2) is 0 Å². The number of hydrogen-bond donors (Lipinski definition) is 2. The summed E-state index contributed by atoms with van der Waals surface area (Å²) in [7, 11) is -2.22. The van der Waals surface area contributed by atoms with Crippen LogP contribution >= 0.6 is 0 Å². The minimum absolute atomic E-state index is 0.241. The van der Waals surface area contributed by atoms with Crippen LogP contribution in [0, 0.1) is 10.9 Å². The molecule has 19 heavy (non-hydrogen) atoms. The molecule has 1 aromatic heterocycles. The quantitative estimate of drug-likeness (QED) is 0.371. The molecule has 8 nitrogen and oxygen atoms in total. The van der Waals surface area contributed by atoms with Gasteiger partial charge in [-0.15, -0.1) is 0 Å². The molecule has 0 aliphatic carbocycles. The van der Waals surface area contributed by atoms with E-state index in [0.29, 0.717) is 11.0 Å². The topological polar surface area (TPSA) is 115 Å². The highest BCUT2D eigenvalue weighted by Gasteiger charge is 2.23. The first-order valence-electron chi connectivity index (χ1n) is 5.24. The summed E-state index contributed by atoms with van der Waals surface area (Å²) >= 11 is 0. The van der Waals surface area contributed by atoms with Crippen LogP contribution in [0.15, 0.2) is 34.6 Å². The second-order valence-corrected chi connectivity index (χ2v) is 5.85. The lowest BCUT2D eigenvalue weighted by Gasteiger charge is -2.14. The van der Waals surface area contributed by atoms with Gasteiger partial charge in [0.05, 0.1) is 11.0 Å². The Labute approximate surface area is 109 Å². The molecule has 0 fully saturated rings. The van der Waals surface area contributed by atoms with Gasteiger partial charge in [-0.05, 0) is 12.1 Å². The van der Waals surface area contributed by atoms with Gasteiger partial charge in [-0.2, -0.15) is 5.53 Å². The molecule has 0 saturated carbocycles. The number of aromatic nitrogens is 2. The van der Waals surface area contributed by atoms with Crippen LogP contribution in [-0.4, -0.2) is 42.2 Å². The second-order valence-electron chi connectivity index (χ2n) is 3.94. The van der Waals surface area contributed by atoms with Crippen molar-refractivity contribution in [2.45, 2.75) is 5.16 Å². The molecule has 2 aromatic rings. The van der Waals surface area contributed by atoms with E-state index in [4.69, 9.17) is 10.9 Å². The molecule has 0 unspecified atom stereocenters. The number of sulfone groups is 1. The van der Waals surface area contributed by atoms with E-state index in [9.17, 15) is 8.42 Å². The number of nitrogens with one attached hydrogen (secondary N) is 2. The molecule has 0 aliphatic heterocycles. The Morgan fingerprint density at radius 2 is 2.05 bits per heavy atom. The standard InChI is InChI=1S/C10H12N6O2S/c1-15(14-12)9(11)16-8-6-4-3-5-7(8)13-10(16)19(2,17)18/h3-6,11-12H,1-2H3. The summed E-state index contributed by atoms with van der Waals surface area (Å²) in [6, 6.07) is 6.76. The van der Waals surface area contributed by atoms with Crippen LogP contribution in [-0.2, 0) is 9.84 Å². The number of rotatable bonds is 2. The molecule has 0 atom stereocenters. The van der Waals surface area contributed by atoms with Crippen LogP contribution in [0.3, 0.4) is 0 Å². The van der Waals surface area contributed by atoms with Gasteiger partial charge >= 0.3 is 0 Å². The molecule has 2 N–H and O–H groups in total. The monoisotopic (exact) mass is 280 g/mol. The Morgan fingerprint density at radius 3 is 2.63 bits per heavy atom. The Balaban J connectivity index is 2.83. The molecule has 0 radical (unpaired) electrons. The van der Waals surface area contributed by atoms with Crippen molar-refractivity contribution < 1.29 is 8.42 Å². The van der Waals surface area contributed by atoms with Crippen molar-refractivity contribution in [3.63, 3.8) is 0 Å². The van der Waals surface area contributed by atoms with Gasteiger partial charge in [-0.25, -0.2) is 18.4 Å². The van der Waals surface area contributed by atoms with E-state index in [2.05, 4.69) is 10.2 Å². The summed E-state index contributed by atoms with van der Waals surface area (Å²) in [5.74, 6) is -0.260. The maximum atomic E-state index is 11.8. The first-order chi connectivity index (χ1) is 8.86. The second kappa shape index (κ2) is 4.43. The van der Waals surface area contributed by atoms with Gasteiger partial charge in [0, 0.05) is 13.3 Å². The lowest BCUT2D eigenvalue weighted by Crippen LogP contribution is -2.29. The number of imidazole rings is 1. The zero-order valence-electron chi connectivity index (χ0n) is 10.3. The summed E-state index contributed by atoms with van der Waals surface area (Å²) in [5, 5.41) is 11.7. The number of hydrogen-bond acceptors (Lipinski definition) is 6. The van der Waals surface area contributed by atoms with Crippen molar-refractivity contribution in [3.05, 3.63) is 24.3 Å². The molecule has 9 heteroatoms. The molecule has 1 aromatic carbocycles. The fourth-order valence-corrected chi connectivity index (χ4v) is 2.43. The third-order valence-corrected chi connectivity index (χ3v) is 3.47. The van der Waals surface area contributed by atoms with Crippen LogP contribution in [0.1, 0.15) is 0 Å². The van der Waals surface area contributed by atoms with E-state index in [0.717, 1.165) is 15.8 Å². The van der Waals surface area contributed by atoms with E-state index < -0.39 is 9.84 Å². The van der Waals surface area contributed by atoms with Crippen LogP contribution in [0.2, 0.25) is 0 Å².